The number of carbonyl (C=O) groups excluding carboxylic acids is 2. The minimum absolute atomic E-state index is 0.194. The number of rotatable bonds is 6. The van der Waals surface area contributed by atoms with Crippen LogP contribution >= 0.6 is 24.0 Å². The SMILES string of the molecule is COc1ccc(OC)c(N2C(=O)/C(=C3/C(=O)N(CCc4ccccc4)c4ccccc43)SC2=S)c1. The van der Waals surface area contributed by atoms with E-state index >= 15 is 0 Å². The Hall–Kier alpha value is -3.62. The Morgan fingerprint density at radius 2 is 1.60 bits per heavy atom. The molecule has 5 rings (SSSR count). The number of thioether (sulfide) groups is 1. The molecule has 2 amide bonds. The van der Waals surface area contributed by atoms with Gasteiger partial charge >= 0.3 is 0 Å². The van der Waals surface area contributed by atoms with Crippen LogP contribution < -0.4 is 19.3 Å². The highest BCUT2D eigenvalue weighted by Crippen LogP contribution is 2.47. The van der Waals surface area contributed by atoms with Gasteiger partial charge in [-0.15, -0.1) is 0 Å². The van der Waals surface area contributed by atoms with Gasteiger partial charge in [-0.1, -0.05) is 72.5 Å². The number of hydrogen-bond donors (Lipinski definition) is 0. The monoisotopic (exact) mass is 502 g/mol. The van der Waals surface area contributed by atoms with E-state index in [0.29, 0.717) is 45.0 Å². The van der Waals surface area contributed by atoms with E-state index in [2.05, 4.69) is 0 Å². The number of fused-ring (bicyclic) bond motifs is 1. The first-order valence-electron chi connectivity index (χ1n) is 11.0. The second kappa shape index (κ2) is 9.56. The molecule has 0 aromatic heterocycles. The molecule has 0 N–H and O–H groups in total. The Kier molecular flexibility index (Phi) is 6.32. The van der Waals surface area contributed by atoms with Crippen LogP contribution in [0.15, 0.2) is 77.7 Å². The van der Waals surface area contributed by atoms with Crippen LogP contribution in [0.4, 0.5) is 11.4 Å². The van der Waals surface area contributed by atoms with Gasteiger partial charge in [-0.25, -0.2) is 0 Å². The zero-order valence-corrected chi connectivity index (χ0v) is 20.8. The molecule has 3 aromatic rings. The van der Waals surface area contributed by atoms with Crippen molar-refractivity contribution in [1.82, 2.24) is 0 Å². The van der Waals surface area contributed by atoms with Crippen molar-refractivity contribution in [1.29, 1.82) is 0 Å². The molecular weight excluding hydrogens is 480 g/mol. The summed E-state index contributed by atoms with van der Waals surface area (Å²) in [6.45, 7) is 0.507. The van der Waals surface area contributed by atoms with Crippen LogP contribution in [0.3, 0.4) is 0 Å². The molecule has 0 aliphatic carbocycles. The van der Waals surface area contributed by atoms with Gasteiger partial charge in [0.2, 0.25) is 0 Å². The van der Waals surface area contributed by atoms with E-state index in [1.54, 1.807) is 30.2 Å². The largest absolute Gasteiger partial charge is 0.497 e. The summed E-state index contributed by atoms with van der Waals surface area (Å²) in [5.41, 5.74) is 3.54. The van der Waals surface area contributed by atoms with Crippen molar-refractivity contribution in [3.05, 3.63) is 88.8 Å². The van der Waals surface area contributed by atoms with Gasteiger partial charge in [0.15, 0.2) is 4.32 Å². The molecule has 0 unspecified atom stereocenters. The molecule has 6 nitrogen and oxygen atoms in total. The van der Waals surface area contributed by atoms with Crippen molar-refractivity contribution >= 4 is 57.1 Å². The number of anilines is 2. The van der Waals surface area contributed by atoms with Crippen LogP contribution in [-0.2, 0) is 16.0 Å². The Morgan fingerprint density at radius 1 is 0.857 bits per heavy atom. The van der Waals surface area contributed by atoms with Gasteiger partial charge in [0.1, 0.15) is 11.5 Å². The quantitative estimate of drug-likeness (QED) is 0.347. The summed E-state index contributed by atoms with van der Waals surface area (Å²) in [4.78, 5) is 30.9. The number of hydrogen-bond acceptors (Lipinski definition) is 6. The lowest BCUT2D eigenvalue weighted by Crippen LogP contribution is -2.30. The Morgan fingerprint density at radius 3 is 2.34 bits per heavy atom. The fourth-order valence-corrected chi connectivity index (χ4v) is 5.66. The van der Waals surface area contributed by atoms with Crippen LogP contribution in [0, 0.1) is 0 Å². The van der Waals surface area contributed by atoms with E-state index < -0.39 is 0 Å². The van der Waals surface area contributed by atoms with Gasteiger partial charge in [0.05, 0.1) is 36.1 Å². The number of nitrogens with zero attached hydrogens (tertiary/aromatic N) is 2. The average Bonchev–Trinajstić information content (AvgIpc) is 3.33. The predicted molar refractivity (Wildman–Crippen MR) is 143 cm³/mol. The molecule has 3 aromatic carbocycles. The van der Waals surface area contributed by atoms with Gasteiger partial charge in [-0.05, 0) is 30.2 Å². The number of para-hydroxylation sites is 1. The molecule has 176 valence electrons. The number of amides is 2. The molecule has 2 heterocycles. The smallest absolute Gasteiger partial charge is 0.271 e. The summed E-state index contributed by atoms with van der Waals surface area (Å²) in [6.07, 6.45) is 0.705. The van der Waals surface area contributed by atoms with Crippen molar-refractivity contribution in [3.8, 4) is 11.5 Å². The standard InChI is InChI=1S/C27H22N2O4S2/c1-32-18-12-13-22(33-2)21(16-18)29-26(31)24(35-27(29)34)23-19-10-6-7-11-20(19)28(25(23)30)15-14-17-8-4-3-5-9-17/h3-13,16H,14-15H2,1-2H3/b24-23-. The first-order valence-corrected chi connectivity index (χ1v) is 12.2. The van der Waals surface area contributed by atoms with E-state index in [4.69, 9.17) is 21.7 Å². The number of ether oxygens (including phenoxy) is 2. The molecule has 2 aliphatic rings. The molecule has 0 spiro atoms. The van der Waals surface area contributed by atoms with Gasteiger partial charge in [-0.2, -0.15) is 0 Å². The van der Waals surface area contributed by atoms with Crippen molar-refractivity contribution in [2.24, 2.45) is 0 Å². The van der Waals surface area contributed by atoms with Gasteiger partial charge in [-0.3, -0.25) is 14.5 Å². The van der Waals surface area contributed by atoms with E-state index in [0.717, 1.165) is 28.6 Å². The Labute approximate surface area is 213 Å². The fourth-order valence-electron chi connectivity index (χ4n) is 4.31. The van der Waals surface area contributed by atoms with Crippen LogP contribution in [0.2, 0.25) is 0 Å². The maximum atomic E-state index is 13.7. The van der Waals surface area contributed by atoms with Crippen LogP contribution in [0.1, 0.15) is 11.1 Å². The Balaban J connectivity index is 1.54. The Bertz CT molecular complexity index is 1370. The second-order valence-corrected chi connectivity index (χ2v) is 9.60. The van der Waals surface area contributed by atoms with E-state index in [1.165, 1.54) is 12.0 Å². The van der Waals surface area contributed by atoms with E-state index in [1.807, 2.05) is 54.6 Å². The average molecular weight is 503 g/mol. The second-order valence-electron chi connectivity index (χ2n) is 7.96. The summed E-state index contributed by atoms with van der Waals surface area (Å²) in [7, 11) is 3.08. The number of carbonyl (C=O) groups is 2. The zero-order chi connectivity index (χ0) is 24.5. The highest BCUT2D eigenvalue weighted by molar-refractivity contribution is 8.27. The predicted octanol–water partition coefficient (Wildman–Crippen LogP) is 5.07. The topological polar surface area (TPSA) is 59.1 Å². The van der Waals surface area contributed by atoms with Crippen molar-refractivity contribution < 1.29 is 19.1 Å². The number of methoxy groups -OCH3 is 2. The highest BCUT2D eigenvalue weighted by atomic mass is 32.2. The summed E-state index contributed by atoms with van der Waals surface area (Å²) in [6, 6.07) is 22.8. The molecule has 8 heteroatoms. The summed E-state index contributed by atoms with van der Waals surface area (Å²) < 4.78 is 11.1. The maximum absolute atomic E-state index is 13.7. The van der Waals surface area contributed by atoms with E-state index in [9.17, 15) is 9.59 Å². The maximum Gasteiger partial charge on any atom is 0.271 e. The minimum atomic E-state index is -0.352. The lowest BCUT2D eigenvalue weighted by Gasteiger charge is -2.19. The molecule has 0 bridgehead atoms. The van der Waals surface area contributed by atoms with E-state index in [-0.39, 0.29) is 11.8 Å². The molecule has 1 fully saturated rings. The normalized spacial score (nSPS) is 17.3. The molecule has 1 saturated heterocycles. The summed E-state index contributed by atoms with van der Waals surface area (Å²) >= 11 is 6.73. The number of thiocarbonyl (C=S) groups is 1. The molecular formula is C27H22N2O4S2. The lowest BCUT2D eigenvalue weighted by atomic mass is 10.1. The fraction of sp³-hybridized carbons (Fsp3) is 0.148. The third kappa shape index (κ3) is 4.09. The molecule has 2 aliphatic heterocycles. The first-order chi connectivity index (χ1) is 17.0. The van der Waals surface area contributed by atoms with Gasteiger partial charge in [0.25, 0.3) is 11.8 Å². The molecule has 35 heavy (non-hydrogen) atoms. The van der Waals surface area contributed by atoms with Gasteiger partial charge in [0, 0.05) is 18.2 Å². The van der Waals surface area contributed by atoms with Crippen LogP contribution in [0.5, 0.6) is 11.5 Å². The number of benzene rings is 3. The van der Waals surface area contributed by atoms with Crippen molar-refractivity contribution in [3.63, 3.8) is 0 Å². The minimum Gasteiger partial charge on any atom is -0.497 e. The van der Waals surface area contributed by atoms with Crippen molar-refractivity contribution in [2.75, 3.05) is 30.6 Å². The summed E-state index contributed by atoms with van der Waals surface area (Å²) in [5.74, 6) is 0.503. The lowest BCUT2D eigenvalue weighted by molar-refractivity contribution is -0.115. The van der Waals surface area contributed by atoms with Crippen LogP contribution in [0.25, 0.3) is 5.57 Å². The molecule has 0 saturated carbocycles. The third-order valence-corrected chi connectivity index (χ3v) is 7.39. The molecule has 0 radical (unpaired) electrons. The van der Waals surface area contributed by atoms with Gasteiger partial charge < -0.3 is 14.4 Å². The molecule has 0 atom stereocenters. The highest BCUT2D eigenvalue weighted by Gasteiger charge is 2.43. The zero-order valence-electron chi connectivity index (χ0n) is 19.2. The summed E-state index contributed by atoms with van der Waals surface area (Å²) in [5, 5.41) is 0. The van der Waals surface area contributed by atoms with Crippen molar-refractivity contribution in [2.45, 2.75) is 6.42 Å². The first kappa shape index (κ1) is 23.1. The third-order valence-electron chi connectivity index (χ3n) is 6.01. The van der Waals surface area contributed by atoms with Crippen LogP contribution in [-0.4, -0.2) is 36.9 Å².